The Hall–Kier alpha value is -7.04. The van der Waals surface area contributed by atoms with Gasteiger partial charge in [0.2, 0.25) is 0 Å². The summed E-state index contributed by atoms with van der Waals surface area (Å²) in [6, 6.07) is 64.2. The molecular weight excluding hydrogens is 633 g/mol. The van der Waals surface area contributed by atoms with E-state index in [2.05, 4.69) is 161 Å². The van der Waals surface area contributed by atoms with Crippen LogP contribution in [0.15, 0.2) is 182 Å². The summed E-state index contributed by atoms with van der Waals surface area (Å²) in [7, 11) is 0. The smallest absolute Gasteiger partial charge is 0.153 e. The highest BCUT2D eigenvalue weighted by Gasteiger charge is 2.16. The summed E-state index contributed by atoms with van der Waals surface area (Å²) in [5, 5.41) is 4.93. The normalized spacial score (nSPS) is 11.8. The molecule has 0 N–H and O–H groups in total. The molecule has 0 bridgehead atoms. The summed E-state index contributed by atoms with van der Waals surface area (Å²) in [6.45, 7) is 0. The Morgan fingerprint density at radius 3 is 1.35 bits per heavy atom. The van der Waals surface area contributed by atoms with E-state index in [0.717, 1.165) is 45.0 Å². The van der Waals surface area contributed by atoms with Crippen LogP contribution in [-0.2, 0) is 0 Å². The van der Waals surface area contributed by atoms with Gasteiger partial charge in [0, 0.05) is 44.0 Å². The third-order valence-corrected chi connectivity index (χ3v) is 9.93. The molecule has 0 saturated heterocycles. The van der Waals surface area contributed by atoms with Crippen LogP contribution in [0, 0.1) is 0 Å². The molecule has 52 heavy (non-hydrogen) atoms. The Morgan fingerprint density at radius 2 is 0.808 bits per heavy atom. The van der Waals surface area contributed by atoms with E-state index in [1.54, 1.807) is 0 Å². The molecule has 0 saturated carbocycles. The molecule has 0 aliphatic rings. The first-order valence-corrected chi connectivity index (χ1v) is 17.6. The molecule has 4 nitrogen and oxygen atoms in total. The Morgan fingerprint density at radius 1 is 0.346 bits per heavy atom. The van der Waals surface area contributed by atoms with Crippen LogP contribution in [0.4, 0.5) is 0 Å². The van der Waals surface area contributed by atoms with Crippen molar-refractivity contribution in [2.75, 3.05) is 0 Å². The third-order valence-electron chi connectivity index (χ3n) is 9.93. The van der Waals surface area contributed by atoms with Crippen LogP contribution in [0.5, 0.6) is 0 Å². The minimum Gasteiger partial charge on any atom is -0.309 e. The Bertz CT molecular complexity index is 2840. The number of benzene rings is 7. The highest BCUT2D eigenvalue weighted by atomic mass is 15.0. The monoisotopic (exact) mass is 664 g/mol. The largest absolute Gasteiger partial charge is 0.309 e. The van der Waals surface area contributed by atoms with Gasteiger partial charge < -0.3 is 9.13 Å². The first-order valence-electron chi connectivity index (χ1n) is 17.6. The molecule has 4 heteroatoms. The molecule has 3 heterocycles. The van der Waals surface area contributed by atoms with Crippen molar-refractivity contribution in [3.63, 3.8) is 0 Å². The standard InChI is InChI=1S/C48H32N4/c1-3-14-34(15-4-1)42-32-43(35-16-5-2-6-17-35)50-48(49-42)29-27-33-26-28-47-41(30-33)40-22-9-12-25-46(40)52(47)37-19-13-18-36(31-37)51-44-23-10-7-20-38(44)39-21-8-11-24-45(39)51/h1-32H. The Kier molecular flexibility index (Phi) is 7.10. The lowest BCUT2D eigenvalue weighted by atomic mass is 10.1. The molecule has 0 aliphatic carbocycles. The number of para-hydroxylation sites is 3. The van der Waals surface area contributed by atoms with E-state index in [-0.39, 0.29) is 0 Å². The molecular formula is C48H32N4. The second-order valence-electron chi connectivity index (χ2n) is 13.1. The number of nitrogens with zero attached hydrogens (tertiary/aromatic N) is 4. The second kappa shape index (κ2) is 12.4. The maximum atomic E-state index is 4.96. The van der Waals surface area contributed by atoms with Gasteiger partial charge in [-0.15, -0.1) is 0 Å². The van der Waals surface area contributed by atoms with Crippen LogP contribution >= 0.6 is 0 Å². The van der Waals surface area contributed by atoms with E-state index in [4.69, 9.17) is 9.97 Å². The van der Waals surface area contributed by atoms with Gasteiger partial charge in [0.25, 0.3) is 0 Å². The summed E-state index contributed by atoms with van der Waals surface area (Å²) in [5.74, 6) is 0.671. The quantitative estimate of drug-likeness (QED) is 0.177. The van der Waals surface area contributed by atoms with E-state index in [1.807, 2.05) is 42.5 Å². The second-order valence-corrected chi connectivity index (χ2v) is 13.1. The highest BCUT2D eigenvalue weighted by Crippen LogP contribution is 2.36. The van der Waals surface area contributed by atoms with Crippen LogP contribution in [0.2, 0.25) is 0 Å². The molecule has 3 aromatic heterocycles. The van der Waals surface area contributed by atoms with Gasteiger partial charge >= 0.3 is 0 Å². The molecule has 0 unspecified atom stereocenters. The number of rotatable bonds is 6. The molecule has 0 fully saturated rings. The maximum absolute atomic E-state index is 4.96. The van der Waals surface area contributed by atoms with Crippen molar-refractivity contribution < 1.29 is 0 Å². The van der Waals surface area contributed by atoms with Crippen LogP contribution in [0.1, 0.15) is 11.4 Å². The van der Waals surface area contributed by atoms with Crippen molar-refractivity contribution in [3.8, 4) is 33.9 Å². The summed E-state index contributed by atoms with van der Waals surface area (Å²) in [4.78, 5) is 9.93. The predicted molar refractivity (Wildman–Crippen MR) is 217 cm³/mol. The molecule has 10 rings (SSSR count). The van der Waals surface area contributed by atoms with Gasteiger partial charge in [-0.05, 0) is 66.2 Å². The average Bonchev–Trinajstić information content (AvgIpc) is 3.73. The van der Waals surface area contributed by atoms with Crippen LogP contribution in [0.25, 0.3) is 89.7 Å². The SMILES string of the molecule is C(=Cc1nc(-c2ccccc2)cc(-c2ccccc2)n1)c1ccc2c(c1)c1ccccc1n2-c1cccc(-n2c3ccccc3c3ccccc32)c1. The van der Waals surface area contributed by atoms with E-state index >= 15 is 0 Å². The minimum absolute atomic E-state index is 0.671. The zero-order valence-corrected chi connectivity index (χ0v) is 28.3. The van der Waals surface area contributed by atoms with Gasteiger partial charge in [-0.25, -0.2) is 9.97 Å². The molecule has 0 radical (unpaired) electrons. The highest BCUT2D eigenvalue weighted by molar-refractivity contribution is 6.11. The maximum Gasteiger partial charge on any atom is 0.153 e. The van der Waals surface area contributed by atoms with Crippen LogP contribution in [-0.4, -0.2) is 19.1 Å². The van der Waals surface area contributed by atoms with Gasteiger partial charge in [-0.3, -0.25) is 0 Å². The van der Waals surface area contributed by atoms with Crippen LogP contribution < -0.4 is 0 Å². The first kappa shape index (κ1) is 29.8. The van der Waals surface area contributed by atoms with Crippen molar-refractivity contribution in [1.82, 2.24) is 19.1 Å². The van der Waals surface area contributed by atoms with Gasteiger partial charge in [-0.2, -0.15) is 0 Å². The van der Waals surface area contributed by atoms with Crippen molar-refractivity contribution >= 4 is 55.8 Å². The zero-order chi connectivity index (χ0) is 34.4. The first-order chi connectivity index (χ1) is 25.8. The molecule has 0 spiro atoms. The molecule has 0 aliphatic heterocycles. The lowest BCUT2D eigenvalue weighted by Gasteiger charge is -2.13. The lowest BCUT2D eigenvalue weighted by molar-refractivity contribution is 1.13. The molecule has 0 amide bonds. The summed E-state index contributed by atoms with van der Waals surface area (Å²) < 4.78 is 4.76. The van der Waals surface area contributed by atoms with E-state index in [9.17, 15) is 0 Å². The fraction of sp³-hybridized carbons (Fsp3) is 0. The van der Waals surface area contributed by atoms with Gasteiger partial charge in [0.05, 0.1) is 33.5 Å². The summed E-state index contributed by atoms with van der Waals surface area (Å²) in [5.41, 5.74) is 12.0. The Labute approximate surface area is 301 Å². The van der Waals surface area contributed by atoms with E-state index in [0.29, 0.717) is 5.82 Å². The van der Waals surface area contributed by atoms with Crippen molar-refractivity contribution in [1.29, 1.82) is 0 Å². The Balaban J connectivity index is 1.08. The number of fused-ring (bicyclic) bond motifs is 6. The predicted octanol–water partition coefficient (Wildman–Crippen LogP) is 12.2. The van der Waals surface area contributed by atoms with E-state index in [1.165, 1.54) is 38.1 Å². The zero-order valence-electron chi connectivity index (χ0n) is 28.3. The number of hydrogen-bond donors (Lipinski definition) is 0. The van der Waals surface area contributed by atoms with Gasteiger partial charge in [0.15, 0.2) is 5.82 Å². The van der Waals surface area contributed by atoms with Crippen molar-refractivity contribution in [2.45, 2.75) is 0 Å². The summed E-state index contributed by atoms with van der Waals surface area (Å²) >= 11 is 0. The van der Waals surface area contributed by atoms with E-state index < -0.39 is 0 Å². The topological polar surface area (TPSA) is 35.6 Å². The molecule has 0 atom stereocenters. The van der Waals surface area contributed by atoms with Gasteiger partial charge in [0.1, 0.15) is 0 Å². The molecule has 10 aromatic rings. The van der Waals surface area contributed by atoms with Crippen molar-refractivity contribution in [3.05, 3.63) is 193 Å². The lowest BCUT2D eigenvalue weighted by Crippen LogP contribution is -1.98. The fourth-order valence-corrected chi connectivity index (χ4v) is 7.57. The fourth-order valence-electron chi connectivity index (χ4n) is 7.57. The average molecular weight is 665 g/mol. The van der Waals surface area contributed by atoms with Crippen molar-refractivity contribution in [2.24, 2.45) is 0 Å². The third kappa shape index (κ3) is 5.09. The summed E-state index contributed by atoms with van der Waals surface area (Å²) in [6.07, 6.45) is 4.14. The number of hydrogen-bond acceptors (Lipinski definition) is 2. The molecule has 244 valence electrons. The minimum atomic E-state index is 0.671. The van der Waals surface area contributed by atoms with Crippen LogP contribution in [0.3, 0.4) is 0 Å². The van der Waals surface area contributed by atoms with Gasteiger partial charge in [-0.1, -0.05) is 133 Å². The number of aromatic nitrogens is 4. The molecule has 7 aromatic carbocycles.